The maximum absolute atomic E-state index is 11.4. The van der Waals surface area contributed by atoms with Crippen molar-refractivity contribution in [2.24, 2.45) is 17.3 Å². The molecule has 2 saturated carbocycles. The van der Waals surface area contributed by atoms with Crippen molar-refractivity contribution < 1.29 is 9.53 Å². The molecule has 0 amide bonds. The highest BCUT2D eigenvalue weighted by Crippen LogP contribution is 2.62. The van der Waals surface area contributed by atoms with Crippen LogP contribution in [-0.2, 0) is 9.53 Å². The summed E-state index contributed by atoms with van der Waals surface area (Å²) in [4.78, 5) is 11.4. The first kappa shape index (κ1) is 7.80. The number of nitrogens with one attached hydrogen (secondary N) is 1. The third-order valence-electron chi connectivity index (χ3n) is 4.11. The minimum absolute atomic E-state index is 0.00491. The van der Waals surface area contributed by atoms with Gasteiger partial charge in [-0.15, -0.1) is 0 Å². The second-order valence-corrected chi connectivity index (χ2v) is 4.86. The van der Waals surface area contributed by atoms with Gasteiger partial charge in [0, 0.05) is 12.0 Å². The SMILES string of the molecule is COC(=O)[C@@H]1NCC12C[C@H]1C[C@@H]1C2. The molecule has 1 spiro atoms. The summed E-state index contributed by atoms with van der Waals surface area (Å²) in [6.45, 7) is 1.03. The lowest BCUT2D eigenvalue weighted by molar-refractivity contribution is -0.152. The summed E-state index contributed by atoms with van der Waals surface area (Å²) in [5, 5.41) is 3.20. The van der Waals surface area contributed by atoms with E-state index >= 15 is 0 Å². The molecule has 0 aromatic rings. The summed E-state index contributed by atoms with van der Waals surface area (Å²) in [5.41, 5.74) is 0.292. The highest BCUT2D eigenvalue weighted by atomic mass is 16.5. The molecular weight excluding hydrogens is 166 g/mol. The van der Waals surface area contributed by atoms with Crippen LogP contribution in [0.4, 0.5) is 0 Å². The van der Waals surface area contributed by atoms with E-state index in [-0.39, 0.29) is 12.0 Å². The molecule has 0 unspecified atom stereocenters. The third kappa shape index (κ3) is 0.909. The molecule has 1 saturated heterocycles. The molecule has 72 valence electrons. The fraction of sp³-hybridized carbons (Fsp3) is 0.900. The van der Waals surface area contributed by atoms with Gasteiger partial charge in [0.1, 0.15) is 6.04 Å². The smallest absolute Gasteiger partial charge is 0.323 e. The molecule has 3 rings (SSSR count). The number of carbonyl (C=O) groups excluding carboxylic acids is 1. The monoisotopic (exact) mass is 181 g/mol. The first-order valence-electron chi connectivity index (χ1n) is 5.06. The van der Waals surface area contributed by atoms with Crippen LogP contribution in [0.1, 0.15) is 19.3 Å². The zero-order valence-electron chi connectivity index (χ0n) is 7.88. The van der Waals surface area contributed by atoms with Gasteiger partial charge < -0.3 is 10.1 Å². The van der Waals surface area contributed by atoms with Gasteiger partial charge in [-0.05, 0) is 31.1 Å². The van der Waals surface area contributed by atoms with E-state index in [9.17, 15) is 4.79 Å². The molecule has 0 bridgehead atoms. The average molecular weight is 181 g/mol. The Bertz CT molecular complexity index is 254. The molecule has 1 N–H and O–H groups in total. The molecule has 2 aliphatic carbocycles. The van der Waals surface area contributed by atoms with Crippen LogP contribution in [0.3, 0.4) is 0 Å². The maximum atomic E-state index is 11.4. The molecule has 3 nitrogen and oxygen atoms in total. The summed E-state index contributed by atoms with van der Waals surface area (Å²) >= 11 is 0. The summed E-state index contributed by atoms with van der Waals surface area (Å²) < 4.78 is 4.79. The number of esters is 1. The molecule has 0 radical (unpaired) electrons. The number of ether oxygens (including phenoxy) is 1. The van der Waals surface area contributed by atoms with E-state index < -0.39 is 0 Å². The Kier molecular flexibility index (Phi) is 1.36. The normalized spacial score (nSPS) is 43.9. The number of carbonyl (C=O) groups is 1. The van der Waals surface area contributed by atoms with Crippen LogP contribution in [0.15, 0.2) is 0 Å². The quantitative estimate of drug-likeness (QED) is 0.600. The molecule has 0 aromatic carbocycles. The number of hydrogen-bond donors (Lipinski definition) is 1. The Morgan fingerprint density at radius 2 is 2.15 bits per heavy atom. The molecular formula is C10H15NO2. The van der Waals surface area contributed by atoms with Crippen molar-refractivity contribution in [3.63, 3.8) is 0 Å². The standard InChI is InChI=1S/C10H15NO2/c1-13-9(12)8-10(5-11-8)3-6-2-7(6)4-10/h6-8,11H,2-5H2,1H3/t6-,7-,8+/m1/s1. The van der Waals surface area contributed by atoms with E-state index in [0.717, 1.165) is 18.4 Å². The lowest BCUT2D eigenvalue weighted by atomic mass is 9.70. The van der Waals surface area contributed by atoms with Crippen molar-refractivity contribution in [1.82, 2.24) is 5.32 Å². The zero-order chi connectivity index (χ0) is 9.05. The second kappa shape index (κ2) is 2.27. The van der Waals surface area contributed by atoms with Crippen molar-refractivity contribution >= 4 is 5.97 Å². The van der Waals surface area contributed by atoms with Gasteiger partial charge in [0.15, 0.2) is 0 Å². The molecule has 3 fully saturated rings. The Morgan fingerprint density at radius 3 is 2.62 bits per heavy atom. The minimum Gasteiger partial charge on any atom is -0.468 e. The summed E-state index contributed by atoms with van der Waals surface area (Å²) in [5.74, 6) is 1.82. The van der Waals surface area contributed by atoms with E-state index in [1.807, 2.05) is 0 Å². The number of hydrogen-bond acceptors (Lipinski definition) is 3. The van der Waals surface area contributed by atoms with Gasteiger partial charge in [0.05, 0.1) is 7.11 Å². The largest absolute Gasteiger partial charge is 0.468 e. The Balaban J connectivity index is 1.74. The fourth-order valence-electron chi connectivity index (χ4n) is 3.26. The summed E-state index contributed by atoms with van der Waals surface area (Å²) in [6, 6.07) is 0.00491. The van der Waals surface area contributed by atoms with E-state index in [0.29, 0.717) is 5.41 Å². The first-order valence-corrected chi connectivity index (χ1v) is 5.06. The topological polar surface area (TPSA) is 38.3 Å². The van der Waals surface area contributed by atoms with Crippen LogP contribution >= 0.6 is 0 Å². The van der Waals surface area contributed by atoms with Crippen molar-refractivity contribution in [3.05, 3.63) is 0 Å². The molecule has 3 aliphatic rings. The number of rotatable bonds is 1. The maximum Gasteiger partial charge on any atom is 0.323 e. The van der Waals surface area contributed by atoms with Crippen LogP contribution in [0.25, 0.3) is 0 Å². The Hall–Kier alpha value is -0.570. The fourth-order valence-corrected chi connectivity index (χ4v) is 3.26. The second-order valence-electron chi connectivity index (χ2n) is 4.86. The molecule has 1 aliphatic heterocycles. The van der Waals surface area contributed by atoms with Gasteiger partial charge in [-0.3, -0.25) is 4.79 Å². The lowest BCUT2D eigenvalue weighted by Gasteiger charge is -2.47. The number of fused-ring (bicyclic) bond motifs is 1. The van der Waals surface area contributed by atoms with Gasteiger partial charge in [-0.1, -0.05) is 0 Å². The third-order valence-corrected chi connectivity index (χ3v) is 4.11. The summed E-state index contributed by atoms with van der Waals surface area (Å²) in [6.07, 6.45) is 3.92. The van der Waals surface area contributed by atoms with Gasteiger partial charge in [-0.25, -0.2) is 0 Å². The molecule has 13 heavy (non-hydrogen) atoms. The summed E-state index contributed by atoms with van der Waals surface area (Å²) in [7, 11) is 1.48. The molecule has 3 atom stereocenters. The van der Waals surface area contributed by atoms with Crippen molar-refractivity contribution in [2.75, 3.05) is 13.7 Å². The first-order chi connectivity index (χ1) is 6.25. The van der Waals surface area contributed by atoms with Crippen molar-refractivity contribution in [3.8, 4) is 0 Å². The van der Waals surface area contributed by atoms with E-state index in [1.165, 1.54) is 26.4 Å². The van der Waals surface area contributed by atoms with Crippen molar-refractivity contribution in [1.29, 1.82) is 0 Å². The van der Waals surface area contributed by atoms with Gasteiger partial charge in [-0.2, -0.15) is 0 Å². The van der Waals surface area contributed by atoms with Crippen LogP contribution < -0.4 is 5.32 Å². The van der Waals surface area contributed by atoms with Crippen LogP contribution in [0.5, 0.6) is 0 Å². The van der Waals surface area contributed by atoms with E-state index in [2.05, 4.69) is 5.32 Å². The highest BCUT2D eigenvalue weighted by Gasteiger charge is 2.62. The number of methoxy groups -OCH3 is 1. The highest BCUT2D eigenvalue weighted by molar-refractivity contribution is 5.78. The van der Waals surface area contributed by atoms with Gasteiger partial charge in [0.25, 0.3) is 0 Å². The Morgan fingerprint density at radius 1 is 1.46 bits per heavy atom. The molecule has 0 aromatic heterocycles. The predicted octanol–water partition coefficient (Wildman–Crippen LogP) is 0.547. The van der Waals surface area contributed by atoms with Crippen LogP contribution in [0, 0.1) is 17.3 Å². The minimum atomic E-state index is -0.0625. The van der Waals surface area contributed by atoms with Crippen LogP contribution in [-0.4, -0.2) is 25.7 Å². The Labute approximate surface area is 77.8 Å². The predicted molar refractivity (Wildman–Crippen MR) is 47.1 cm³/mol. The average Bonchev–Trinajstić information content (AvgIpc) is 2.72. The lowest BCUT2D eigenvalue weighted by Crippen LogP contribution is -2.65. The van der Waals surface area contributed by atoms with Crippen LogP contribution in [0.2, 0.25) is 0 Å². The van der Waals surface area contributed by atoms with E-state index in [4.69, 9.17) is 4.74 Å². The van der Waals surface area contributed by atoms with Gasteiger partial charge in [0.2, 0.25) is 0 Å². The van der Waals surface area contributed by atoms with Gasteiger partial charge >= 0.3 is 5.97 Å². The van der Waals surface area contributed by atoms with E-state index in [1.54, 1.807) is 0 Å². The molecule has 3 heteroatoms. The van der Waals surface area contributed by atoms with Crippen molar-refractivity contribution in [2.45, 2.75) is 25.3 Å². The molecule has 1 heterocycles. The zero-order valence-corrected chi connectivity index (χ0v) is 7.88.